The molecule has 0 aromatic heterocycles. The van der Waals surface area contributed by atoms with Crippen molar-refractivity contribution in [2.75, 3.05) is 0 Å². The summed E-state index contributed by atoms with van der Waals surface area (Å²) in [6.45, 7) is 1.44. The molecule has 0 bridgehead atoms. The molecule has 80 valence electrons. The predicted octanol–water partition coefficient (Wildman–Crippen LogP) is 3.47. The number of hydrogen-bond acceptors (Lipinski definition) is 1. The van der Waals surface area contributed by atoms with Gasteiger partial charge in [0.25, 0.3) is 0 Å². The largest absolute Gasteiger partial charge is 0.416 e. The Labute approximate surface area is 86.1 Å². The highest BCUT2D eigenvalue weighted by atomic mass is 19.4. The zero-order valence-electron chi connectivity index (χ0n) is 8.23. The first-order valence-electron chi connectivity index (χ1n) is 4.49. The number of nitriles is 1. The number of nitrogens with zero attached hydrogens (tertiary/aromatic N) is 1. The van der Waals surface area contributed by atoms with E-state index in [1.54, 1.807) is 6.07 Å². The van der Waals surface area contributed by atoms with Gasteiger partial charge in [-0.1, -0.05) is 12.1 Å². The van der Waals surface area contributed by atoms with Crippen molar-refractivity contribution in [3.05, 3.63) is 34.9 Å². The molecule has 0 spiro atoms. The molecule has 0 heterocycles. The van der Waals surface area contributed by atoms with Crippen LogP contribution in [0.3, 0.4) is 0 Å². The van der Waals surface area contributed by atoms with E-state index in [4.69, 9.17) is 5.26 Å². The second-order valence-electron chi connectivity index (χ2n) is 3.25. The topological polar surface area (TPSA) is 23.8 Å². The molecule has 0 fully saturated rings. The minimum atomic E-state index is -4.31. The molecule has 4 heteroatoms. The lowest BCUT2D eigenvalue weighted by atomic mass is 9.99. The quantitative estimate of drug-likeness (QED) is 0.737. The van der Waals surface area contributed by atoms with Crippen molar-refractivity contribution in [3.8, 4) is 6.07 Å². The van der Waals surface area contributed by atoms with E-state index in [1.807, 2.05) is 6.07 Å². The normalized spacial score (nSPS) is 11.1. The van der Waals surface area contributed by atoms with Crippen LogP contribution in [-0.2, 0) is 12.6 Å². The minimum absolute atomic E-state index is 0.222. The van der Waals surface area contributed by atoms with Crippen LogP contribution in [0.1, 0.15) is 23.1 Å². The van der Waals surface area contributed by atoms with Gasteiger partial charge in [-0.05, 0) is 30.5 Å². The molecular formula is C11H10F3N. The van der Waals surface area contributed by atoms with E-state index >= 15 is 0 Å². The Kier molecular flexibility index (Phi) is 3.35. The summed E-state index contributed by atoms with van der Waals surface area (Å²) >= 11 is 0. The summed E-state index contributed by atoms with van der Waals surface area (Å²) in [6, 6.07) is 5.99. The Morgan fingerprint density at radius 3 is 2.53 bits per heavy atom. The molecule has 0 radical (unpaired) electrons. The van der Waals surface area contributed by atoms with Crippen LogP contribution in [0.2, 0.25) is 0 Å². The third-order valence-electron chi connectivity index (χ3n) is 2.26. The maximum atomic E-state index is 12.5. The summed E-state index contributed by atoms with van der Waals surface area (Å²) < 4.78 is 37.5. The van der Waals surface area contributed by atoms with Gasteiger partial charge >= 0.3 is 6.18 Å². The number of rotatable bonds is 2. The molecular weight excluding hydrogens is 203 g/mol. The highest BCUT2D eigenvalue weighted by molar-refractivity contribution is 5.36. The van der Waals surface area contributed by atoms with Crippen molar-refractivity contribution in [1.29, 1.82) is 5.26 Å². The molecule has 1 aromatic rings. The fraction of sp³-hybridized carbons (Fsp3) is 0.364. The van der Waals surface area contributed by atoms with E-state index in [0.29, 0.717) is 12.0 Å². The van der Waals surface area contributed by atoms with Crippen LogP contribution in [0.15, 0.2) is 18.2 Å². The fourth-order valence-corrected chi connectivity index (χ4v) is 1.45. The standard InChI is InChI=1S/C11H10F3N/c1-8-9(5-3-7-15)4-2-6-10(8)11(12,13)14/h2,4,6H,3,5H2,1H3. The zero-order valence-corrected chi connectivity index (χ0v) is 8.23. The molecule has 0 amide bonds. The first kappa shape index (κ1) is 11.6. The van der Waals surface area contributed by atoms with Gasteiger partial charge in [0.1, 0.15) is 0 Å². The number of alkyl halides is 3. The van der Waals surface area contributed by atoms with E-state index in [1.165, 1.54) is 13.0 Å². The Hall–Kier alpha value is -1.50. The molecule has 1 rings (SSSR count). The molecule has 0 aliphatic carbocycles. The molecule has 0 saturated heterocycles. The van der Waals surface area contributed by atoms with Crippen LogP contribution < -0.4 is 0 Å². The van der Waals surface area contributed by atoms with Gasteiger partial charge < -0.3 is 0 Å². The Balaban J connectivity index is 3.07. The summed E-state index contributed by atoms with van der Waals surface area (Å²) in [7, 11) is 0. The third kappa shape index (κ3) is 2.72. The maximum absolute atomic E-state index is 12.5. The van der Waals surface area contributed by atoms with Gasteiger partial charge in [-0.15, -0.1) is 0 Å². The summed E-state index contributed by atoms with van der Waals surface area (Å²) in [4.78, 5) is 0. The highest BCUT2D eigenvalue weighted by Crippen LogP contribution is 2.33. The summed E-state index contributed by atoms with van der Waals surface area (Å²) in [6.07, 6.45) is -3.71. The molecule has 1 nitrogen and oxygen atoms in total. The first-order valence-corrected chi connectivity index (χ1v) is 4.49. The van der Waals surface area contributed by atoms with E-state index in [-0.39, 0.29) is 12.0 Å². The number of hydrogen-bond donors (Lipinski definition) is 0. The molecule has 15 heavy (non-hydrogen) atoms. The van der Waals surface area contributed by atoms with E-state index in [0.717, 1.165) is 6.07 Å². The molecule has 0 atom stereocenters. The second kappa shape index (κ2) is 4.35. The van der Waals surface area contributed by atoms with Gasteiger partial charge in [-0.25, -0.2) is 0 Å². The monoisotopic (exact) mass is 213 g/mol. The average molecular weight is 213 g/mol. The fourth-order valence-electron chi connectivity index (χ4n) is 1.45. The van der Waals surface area contributed by atoms with E-state index < -0.39 is 11.7 Å². The molecule has 0 saturated carbocycles. The third-order valence-corrected chi connectivity index (χ3v) is 2.26. The summed E-state index contributed by atoms with van der Waals surface area (Å²) in [5, 5.41) is 8.38. The van der Waals surface area contributed by atoms with Crippen molar-refractivity contribution in [2.24, 2.45) is 0 Å². The van der Waals surface area contributed by atoms with Crippen molar-refractivity contribution in [3.63, 3.8) is 0 Å². The minimum Gasteiger partial charge on any atom is -0.198 e. The molecule has 0 aliphatic rings. The van der Waals surface area contributed by atoms with Crippen molar-refractivity contribution >= 4 is 0 Å². The van der Waals surface area contributed by atoms with Gasteiger partial charge in [-0.3, -0.25) is 0 Å². The SMILES string of the molecule is Cc1c(CCC#N)cccc1C(F)(F)F. The van der Waals surface area contributed by atoms with Crippen LogP contribution in [0.5, 0.6) is 0 Å². The number of benzene rings is 1. The van der Waals surface area contributed by atoms with Crippen molar-refractivity contribution in [2.45, 2.75) is 25.9 Å². The predicted molar refractivity (Wildman–Crippen MR) is 50.1 cm³/mol. The van der Waals surface area contributed by atoms with Crippen LogP contribution in [0, 0.1) is 18.3 Å². The average Bonchev–Trinajstić information content (AvgIpc) is 2.14. The Bertz CT molecular complexity index is 388. The molecule has 0 N–H and O–H groups in total. The molecule has 0 unspecified atom stereocenters. The van der Waals surface area contributed by atoms with Gasteiger partial charge in [0.2, 0.25) is 0 Å². The van der Waals surface area contributed by atoms with E-state index in [9.17, 15) is 13.2 Å². The van der Waals surface area contributed by atoms with Crippen LogP contribution in [0.25, 0.3) is 0 Å². The Morgan fingerprint density at radius 1 is 1.33 bits per heavy atom. The Morgan fingerprint density at radius 2 is 2.00 bits per heavy atom. The van der Waals surface area contributed by atoms with Gasteiger partial charge in [0, 0.05) is 6.42 Å². The lowest BCUT2D eigenvalue weighted by molar-refractivity contribution is -0.138. The molecule has 0 aliphatic heterocycles. The van der Waals surface area contributed by atoms with Crippen molar-refractivity contribution in [1.82, 2.24) is 0 Å². The summed E-state index contributed by atoms with van der Waals surface area (Å²) in [5.41, 5.74) is 0.199. The lowest BCUT2D eigenvalue weighted by Gasteiger charge is -2.12. The lowest BCUT2D eigenvalue weighted by Crippen LogP contribution is -2.08. The maximum Gasteiger partial charge on any atom is 0.416 e. The van der Waals surface area contributed by atoms with Gasteiger partial charge in [-0.2, -0.15) is 18.4 Å². The van der Waals surface area contributed by atoms with Crippen LogP contribution >= 0.6 is 0 Å². The zero-order chi connectivity index (χ0) is 11.5. The first-order chi connectivity index (χ1) is 6.96. The highest BCUT2D eigenvalue weighted by Gasteiger charge is 2.32. The number of aryl methyl sites for hydroxylation is 1. The second-order valence-corrected chi connectivity index (χ2v) is 3.25. The van der Waals surface area contributed by atoms with Crippen LogP contribution in [0.4, 0.5) is 13.2 Å². The van der Waals surface area contributed by atoms with Gasteiger partial charge in [0.05, 0.1) is 11.6 Å². The summed E-state index contributed by atoms with van der Waals surface area (Å²) in [5.74, 6) is 0. The molecule has 1 aromatic carbocycles. The van der Waals surface area contributed by atoms with E-state index in [2.05, 4.69) is 0 Å². The van der Waals surface area contributed by atoms with Crippen molar-refractivity contribution < 1.29 is 13.2 Å². The smallest absolute Gasteiger partial charge is 0.198 e. The number of halogens is 3. The van der Waals surface area contributed by atoms with Gasteiger partial charge in [0.15, 0.2) is 0 Å². The van der Waals surface area contributed by atoms with Crippen LogP contribution in [-0.4, -0.2) is 0 Å².